The number of halogens is 2. The Morgan fingerprint density at radius 1 is 1.24 bits per heavy atom. The molecule has 0 spiro atoms. The quantitative estimate of drug-likeness (QED) is 0.292. The molecule has 1 saturated heterocycles. The molecule has 0 atom stereocenters. The highest BCUT2D eigenvalue weighted by Gasteiger charge is 2.12. The van der Waals surface area contributed by atoms with E-state index in [-0.39, 0.29) is 11.5 Å². The summed E-state index contributed by atoms with van der Waals surface area (Å²) in [5.74, 6) is -0.587. The van der Waals surface area contributed by atoms with Crippen molar-refractivity contribution >= 4 is 52.2 Å². The van der Waals surface area contributed by atoms with E-state index in [0.29, 0.717) is 39.7 Å². The summed E-state index contributed by atoms with van der Waals surface area (Å²) in [6.07, 6.45) is 3.31. The first-order valence-corrected chi connectivity index (χ1v) is 12.4. The third kappa shape index (κ3) is 6.97. The van der Waals surface area contributed by atoms with Crippen molar-refractivity contribution < 1.29 is 9.18 Å². The van der Waals surface area contributed by atoms with Crippen LogP contribution in [-0.4, -0.2) is 67.5 Å². The van der Waals surface area contributed by atoms with Crippen molar-refractivity contribution in [3.05, 3.63) is 76.7 Å². The molecule has 1 amide bonds. The van der Waals surface area contributed by atoms with Crippen LogP contribution in [0.25, 0.3) is 16.6 Å². The number of aromatic nitrogens is 1. The number of fused-ring (bicyclic) bond motifs is 1. The highest BCUT2D eigenvalue weighted by molar-refractivity contribution is 6.30. The average molecular weight is 522 g/mol. The first-order valence-electron chi connectivity index (χ1n) is 12.0. The summed E-state index contributed by atoms with van der Waals surface area (Å²) in [7, 11) is 0. The summed E-state index contributed by atoms with van der Waals surface area (Å²) in [6, 6.07) is 11.4. The van der Waals surface area contributed by atoms with Crippen molar-refractivity contribution in [3.63, 3.8) is 0 Å². The molecule has 1 aliphatic rings. The minimum atomic E-state index is -0.451. The number of nitrogens with zero attached hydrogens (tertiary/aromatic N) is 4. The van der Waals surface area contributed by atoms with Crippen molar-refractivity contribution in [1.29, 1.82) is 0 Å². The summed E-state index contributed by atoms with van der Waals surface area (Å²) in [5.41, 5.74) is 5.78. The number of allylic oxidation sites excluding steroid dienone is 1. The first-order chi connectivity index (χ1) is 17.9. The number of benzene rings is 2. The SMILES string of the molecule is C=NNC(=CC(C)=Nc1ccnc2cc(C(=O)NCCN3CCNCC3)ccc12)c1cc(Cl)ccc1F. The number of carbonyl (C=O) groups is 1. The van der Waals surface area contributed by atoms with Gasteiger partial charge >= 0.3 is 0 Å². The Balaban J connectivity index is 1.52. The zero-order valence-electron chi connectivity index (χ0n) is 20.6. The molecule has 1 fully saturated rings. The fraction of sp³-hybridized carbons (Fsp3) is 0.259. The van der Waals surface area contributed by atoms with Crippen molar-refractivity contribution in [2.75, 3.05) is 39.3 Å². The van der Waals surface area contributed by atoms with Gasteiger partial charge in [0.2, 0.25) is 0 Å². The van der Waals surface area contributed by atoms with Gasteiger partial charge in [-0.05, 0) is 55.5 Å². The van der Waals surface area contributed by atoms with Gasteiger partial charge in [0.1, 0.15) is 5.82 Å². The van der Waals surface area contributed by atoms with E-state index in [2.05, 4.69) is 37.8 Å². The number of nitrogens with one attached hydrogen (secondary N) is 3. The van der Waals surface area contributed by atoms with Gasteiger partial charge in [-0.2, -0.15) is 5.10 Å². The smallest absolute Gasteiger partial charge is 0.251 e. The third-order valence-corrected chi connectivity index (χ3v) is 6.21. The Morgan fingerprint density at radius 2 is 2.05 bits per heavy atom. The molecule has 2 aromatic carbocycles. The van der Waals surface area contributed by atoms with Crippen LogP contribution in [0.2, 0.25) is 5.02 Å². The lowest BCUT2D eigenvalue weighted by molar-refractivity contribution is 0.0947. The molecule has 0 unspecified atom stereocenters. The van der Waals surface area contributed by atoms with Gasteiger partial charge in [-0.1, -0.05) is 11.6 Å². The summed E-state index contributed by atoms with van der Waals surface area (Å²) in [4.78, 5) is 24.1. The molecule has 0 bridgehead atoms. The molecule has 4 rings (SSSR count). The second kappa shape index (κ2) is 12.5. The Labute approximate surface area is 220 Å². The Kier molecular flexibility index (Phi) is 8.95. The number of hydrogen-bond acceptors (Lipinski definition) is 7. The lowest BCUT2D eigenvalue weighted by Crippen LogP contribution is -2.46. The van der Waals surface area contributed by atoms with Crippen LogP contribution in [0, 0.1) is 5.82 Å². The van der Waals surface area contributed by atoms with E-state index in [9.17, 15) is 9.18 Å². The Hall–Kier alpha value is -3.66. The van der Waals surface area contributed by atoms with Gasteiger partial charge < -0.3 is 10.6 Å². The van der Waals surface area contributed by atoms with Gasteiger partial charge in [0.15, 0.2) is 0 Å². The number of pyridine rings is 1. The van der Waals surface area contributed by atoms with Crippen molar-refractivity contribution in [1.82, 2.24) is 25.9 Å². The molecule has 3 aromatic rings. The van der Waals surface area contributed by atoms with Gasteiger partial charge in [-0.3, -0.25) is 25.1 Å². The van der Waals surface area contributed by atoms with E-state index in [1.807, 2.05) is 6.07 Å². The van der Waals surface area contributed by atoms with Crippen LogP contribution >= 0.6 is 11.6 Å². The van der Waals surface area contributed by atoms with Crippen LogP contribution in [0.5, 0.6) is 0 Å². The number of carbonyl (C=O) groups excluding carboxylic acids is 1. The van der Waals surface area contributed by atoms with Crippen LogP contribution in [0.15, 0.2) is 64.8 Å². The summed E-state index contributed by atoms with van der Waals surface area (Å²) < 4.78 is 14.4. The monoisotopic (exact) mass is 521 g/mol. The van der Waals surface area contributed by atoms with Gasteiger partial charge in [0.05, 0.1) is 16.9 Å². The van der Waals surface area contributed by atoms with E-state index in [1.54, 1.807) is 37.4 Å². The van der Waals surface area contributed by atoms with E-state index in [0.717, 1.165) is 38.1 Å². The number of aliphatic imine (C=N–C) groups is 1. The summed E-state index contributed by atoms with van der Waals surface area (Å²) in [6.45, 7) is 10.6. The molecule has 10 heteroatoms. The zero-order chi connectivity index (χ0) is 26.2. The molecule has 3 N–H and O–H groups in total. The van der Waals surface area contributed by atoms with E-state index >= 15 is 0 Å². The second-order valence-corrected chi connectivity index (χ2v) is 9.05. The fourth-order valence-electron chi connectivity index (χ4n) is 4.13. The molecule has 0 radical (unpaired) electrons. The summed E-state index contributed by atoms with van der Waals surface area (Å²) in [5, 5.41) is 11.2. The molecule has 1 aromatic heterocycles. The molecule has 2 heterocycles. The largest absolute Gasteiger partial charge is 0.351 e. The van der Waals surface area contributed by atoms with Crippen molar-refractivity contribution in [2.24, 2.45) is 10.1 Å². The van der Waals surface area contributed by atoms with Crippen LogP contribution in [0.1, 0.15) is 22.8 Å². The van der Waals surface area contributed by atoms with Gasteiger partial charge in [-0.15, -0.1) is 0 Å². The van der Waals surface area contributed by atoms with E-state index < -0.39 is 5.82 Å². The van der Waals surface area contributed by atoms with E-state index in [1.165, 1.54) is 18.2 Å². The number of hydrogen-bond donors (Lipinski definition) is 3. The number of piperazine rings is 1. The summed E-state index contributed by atoms with van der Waals surface area (Å²) >= 11 is 6.05. The predicted molar refractivity (Wildman–Crippen MR) is 148 cm³/mol. The van der Waals surface area contributed by atoms with Crippen LogP contribution in [0.3, 0.4) is 0 Å². The first kappa shape index (κ1) is 26.4. The second-order valence-electron chi connectivity index (χ2n) is 8.61. The lowest BCUT2D eigenvalue weighted by atomic mass is 10.1. The molecule has 8 nitrogen and oxygen atoms in total. The minimum absolute atomic E-state index is 0.136. The van der Waals surface area contributed by atoms with Crippen LogP contribution in [-0.2, 0) is 0 Å². The third-order valence-electron chi connectivity index (χ3n) is 5.97. The zero-order valence-corrected chi connectivity index (χ0v) is 21.4. The number of rotatable bonds is 9. The number of hydrazone groups is 1. The Bertz CT molecular complexity index is 1350. The predicted octanol–water partition coefficient (Wildman–Crippen LogP) is 4.00. The normalized spacial score (nSPS) is 15.0. The highest BCUT2D eigenvalue weighted by Crippen LogP contribution is 2.26. The molecular formula is C27H29ClFN7O. The van der Waals surface area contributed by atoms with Crippen LogP contribution in [0.4, 0.5) is 10.1 Å². The highest BCUT2D eigenvalue weighted by atomic mass is 35.5. The van der Waals surface area contributed by atoms with Gasteiger partial charge in [0, 0.05) is 79.4 Å². The standard InChI is InChI=1S/C27H29ClFN7O/c1-18(15-26(35-30-2)22-17-20(28)4-6-23(22)29)34-24-7-8-32-25-16-19(3-5-21(24)25)27(37)33-11-14-36-12-9-31-10-13-36/h3-8,15-17,31,35H,2,9-14H2,1H3,(H,33,37). The molecule has 192 valence electrons. The average Bonchev–Trinajstić information content (AvgIpc) is 2.90. The maximum atomic E-state index is 14.4. The van der Waals surface area contributed by atoms with Crippen molar-refractivity contribution in [3.8, 4) is 0 Å². The van der Waals surface area contributed by atoms with Crippen LogP contribution < -0.4 is 16.1 Å². The number of amides is 1. The maximum Gasteiger partial charge on any atom is 0.251 e. The van der Waals surface area contributed by atoms with Crippen molar-refractivity contribution in [2.45, 2.75) is 6.92 Å². The molecule has 0 saturated carbocycles. The molecule has 37 heavy (non-hydrogen) atoms. The molecule has 0 aliphatic carbocycles. The molecular weight excluding hydrogens is 493 g/mol. The fourth-order valence-corrected chi connectivity index (χ4v) is 4.30. The lowest BCUT2D eigenvalue weighted by Gasteiger charge is -2.27. The minimum Gasteiger partial charge on any atom is -0.351 e. The van der Waals surface area contributed by atoms with Gasteiger partial charge in [-0.25, -0.2) is 4.39 Å². The maximum absolute atomic E-state index is 14.4. The van der Waals surface area contributed by atoms with E-state index in [4.69, 9.17) is 16.6 Å². The van der Waals surface area contributed by atoms with Gasteiger partial charge in [0.25, 0.3) is 5.91 Å². The molecule has 1 aliphatic heterocycles. The topological polar surface area (TPSA) is 94.0 Å². The Morgan fingerprint density at radius 3 is 2.84 bits per heavy atom.